The van der Waals surface area contributed by atoms with Crippen LogP contribution < -0.4 is 0 Å². The number of aliphatic hydroxyl groups excluding tert-OH is 11. The van der Waals surface area contributed by atoms with Gasteiger partial charge in [0.25, 0.3) is 0 Å². The summed E-state index contributed by atoms with van der Waals surface area (Å²) in [5, 5.41) is 101. The molecule has 175 valence electrons. The predicted molar refractivity (Wildman–Crippen MR) is 94.6 cm³/mol. The maximum atomic E-state index is 9.94. The van der Waals surface area contributed by atoms with Crippen LogP contribution >= 0.6 is 0 Å². The van der Waals surface area contributed by atoms with Crippen molar-refractivity contribution >= 4 is 29.6 Å². The fraction of sp³-hybridized carbons (Fsp3) is 1.00. The van der Waals surface area contributed by atoms with Gasteiger partial charge in [-0.05, 0) is 0 Å². The van der Waals surface area contributed by atoms with Crippen LogP contribution in [0.1, 0.15) is 0 Å². The Labute approximate surface area is 193 Å². The maximum Gasteiger partial charge on any atom is 0.187 e. The first-order chi connectivity index (χ1) is 13.6. The molecule has 2 heterocycles. The van der Waals surface area contributed by atoms with E-state index < -0.39 is 80.7 Å². The number of ether oxygens (including phenoxy) is 3. The van der Waals surface area contributed by atoms with E-state index in [1.807, 2.05) is 0 Å². The molecule has 0 bridgehead atoms. The van der Waals surface area contributed by atoms with Crippen molar-refractivity contribution in [3.8, 4) is 0 Å². The van der Waals surface area contributed by atoms with E-state index in [1.165, 1.54) is 0 Å². The summed E-state index contributed by atoms with van der Waals surface area (Å²) in [6.45, 7) is -2.07. The minimum atomic E-state index is -1.74. The quantitative estimate of drug-likeness (QED) is 0.166. The van der Waals surface area contributed by atoms with Gasteiger partial charge in [0, 0.05) is 29.6 Å². The zero-order valence-electron chi connectivity index (χ0n) is 16.3. The Balaban J connectivity index is 0.00000105. The van der Waals surface area contributed by atoms with E-state index in [1.54, 1.807) is 0 Å². The summed E-state index contributed by atoms with van der Waals surface area (Å²) in [5.41, 5.74) is 0. The van der Waals surface area contributed by atoms with Crippen LogP contribution in [0.5, 0.6) is 0 Å². The molecule has 10 atom stereocenters. The summed E-state index contributed by atoms with van der Waals surface area (Å²) in [5.74, 6) is 0. The standard InChI is InChI=1S/C12H22O11.C3H8O3.Na/c13-1-3-5(15)6(16)9(19)12(22-3)23-10-4(2-14)21-11(20)8(18)7(10)17;4-1-3(6)2-5;/h3-20H,1-2H2;3-6H,1-2H2;/t3-,4-,5+,6+,7-,8-,9-,10-,11?,12+;;/m1../s1. The van der Waals surface area contributed by atoms with Gasteiger partial charge in [0.15, 0.2) is 12.6 Å². The van der Waals surface area contributed by atoms with E-state index in [9.17, 15) is 35.7 Å². The third-order valence-electron chi connectivity index (χ3n) is 4.40. The van der Waals surface area contributed by atoms with Crippen LogP contribution in [0.3, 0.4) is 0 Å². The van der Waals surface area contributed by atoms with Gasteiger partial charge < -0.3 is 70.4 Å². The second-order valence-electron chi connectivity index (χ2n) is 6.55. The zero-order valence-corrected chi connectivity index (χ0v) is 18.3. The minimum absolute atomic E-state index is 0. The smallest absolute Gasteiger partial charge is 0.187 e. The Morgan fingerprint density at radius 1 is 0.667 bits per heavy atom. The van der Waals surface area contributed by atoms with Crippen molar-refractivity contribution in [3.63, 3.8) is 0 Å². The molecule has 0 aromatic rings. The zero-order chi connectivity index (χ0) is 22.3. The fourth-order valence-corrected chi connectivity index (χ4v) is 2.63. The van der Waals surface area contributed by atoms with Crippen molar-refractivity contribution in [2.45, 2.75) is 67.5 Å². The Bertz CT molecular complexity index is 453. The third-order valence-corrected chi connectivity index (χ3v) is 4.40. The van der Waals surface area contributed by atoms with Crippen LogP contribution in [0.25, 0.3) is 0 Å². The van der Waals surface area contributed by atoms with Crippen molar-refractivity contribution in [1.82, 2.24) is 0 Å². The second-order valence-corrected chi connectivity index (χ2v) is 6.55. The molecule has 2 aliphatic rings. The first kappa shape index (κ1) is 30.4. The molecule has 0 amide bonds. The molecule has 15 heteroatoms. The summed E-state index contributed by atoms with van der Waals surface area (Å²) in [6, 6.07) is 0. The monoisotopic (exact) mass is 457 g/mol. The van der Waals surface area contributed by atoms with Crippen molar-refractivity contribution in [2.75, 3.05) is 26.4 Å². The molecule has 0 spiro atoms. The van der Waals surface area contributed by atoms with Crippen LogP contribution in [0.2, 0.25) is 0 Å². The SMILES string of the molecule is OCC(O)CO.OC[C@H]1O[C@@H](O[C@H]2[C@H](O)[C@@H](O)C(O)O[C@@H]2CO)[C@H](O)[C@@H](O)[C@H]1O.[Na]. The molecule has 2 aliphatic heterocycles. The van der Waals surface area contributed by atoms with Gasteiger partial charge in [-0.3, -0.25) is 0 Å². The molecule has 0 saturated carbocycles. The summed E-state index contributed by atoms with van der Waals surface area (Å²) >= 11 is 0. The molecule has 1 radical (unpaired) electrons. The molecule has 2 rings (SSSR count). The largest absolute Gasteiger partial charge is 0.394 e. The van der Waals surface area contributed by atoms with Crippen LogP contribution in [0.4, 0.5) is 0 Å². The fourth-order valence-electron chi connectivity index (χ4n) is 2.63. The second kappa shape index (κ2) is 14.6. The summed E-state index contributed by atoms with van der Waals surface area (Å²) < 4.78 is 15.3. The summed E-state index contributed by atoms with van der Waals surface area (Å²) in [4.78, 5) is 0. The van der Waals surface area contributed by atoms with Gasteiger partial charge in [-0.1, -0.05) is 0 Å². The molecule has 0 aliphatic carbocycles. The first-order valence-electron chi connectivity index (χ1n) is 8.79. The molecule has 2 saturated heterocycles. The Kier molecular flexibility index (Phi) is 14.8. The normalized spacial score (nSPS) is 41.6. The Morgan fingerprint density at radius 2 is 1.20 bits per heavy atom. The first-order valence-corrected chi connectivity index (χ1v) is 8.79. The summed E-state index contributed by atoms with van der Waals surface area (Å²) in [6.07, 6.45) is -16.5. The van der Waals surface area contributed by atoms with Crippen molar-refractivity contribution in [3.05, 3.63) is 0 Å². The third kappa shape index (κ3) is 7.79. The Hall–Kier alpha value is 0.440. The van der Waals surface area contributed by atoms with Gasteiger partial charge >= 0.3 is 0 Å². The van der Waals surface area contributed by atoms with Gasteiger partial charge in [0.05, 0.1) is 26.4 Å². The molecular weight excluding hydrogens is 427 g/mol. The molecule has 30 heavy (non-hydrogen) atoms. The molecule has 1 unspecified atom stereocenters. The molecular formula is C15H30NaO14. The number of rotatable bonds is 6. The van der Waals surface area contributed by atoms with Crippen LogP contribution in [-0.4, -0.2) is 180 Å². The predicted octanol–water partition coefficient (Wildman–Crippen LogP) is -7.45. The van der Waals surface area contributed by atoms with Crippen LogP contribution in [0.15, 0.2) is 0 Å². The van der Waals surface area contributed by atoms with Crippen molar-refractivity contribution < 1.29 is 70.4 Å². The van der Waals surface area contributed by atoms with Gasteiger partial charge in [-0.15, -0.1) is 0 Å². The van der Waals surface area contributed by atoms with E-state index >= 15 is 0 Å². The molecule has 11 N–H and O–H groups in total. The molecule has 2 fully saturated rings. The van der Waals surface area contributed by atoms with Crippen molar-refractivity contribution in [1.29, 1.82) is 0 Å². The van der Waals surface area contributed by atoms with Crippen LogP contribution in [-0.2, 0) is 14.2 Å². The average molecular weight is 457 g/mol. The van der Waals surface area contributed by atoms with E-state index in [0.29, 0.717) is 0 Å². The van der Waals surface area contributed by atoms with Gasteiger partial charge in [-0.25, -0.2) is 0 Å². The number of hydrogen-bond donors (Lipinski definition) is 11. The molecule has 0 aromatic carbocycles. The van der Waals surface area contributed by atoms with Crippen LogP contribution in [0, 0.1) is 0 Å². The summed E-state index contributed by atoms with van der Waals surface area (Å²) in [7, 11) is 0. The van der Waals surface area contributed by atoms with E-state index in [2.05, 4.69) is 0 Å². The Morgan fingerprint density at radius 3 is 1.63 bits per heavy atom. The average Bonchev–Trinajstić information content (AvgIpc) is 2.73. The minimum Gasteiger partial charge on any atom is -0.394 e. The molecule has 0 aromatic heterocycles. The van der Waals surface area contributed by atoms with Gasteiger partial charge in [0.2, 0.25) is 0 Å². The number of hydrogen-bond acceptors (Lipinski definition) is 14. The van der Waals surface area contributed by atoms with E-state index in [4.69, 9.17) is 34.6 Å². The topological polar surface area (TPSA) is 250 Å². The molecule has 14 nitrogen and oxygen atoms in total. The van der Waals surface area contributed by atoms with E-state index in [-0.39, 0.29) is 42.8 Å². The van der Waals surface area contributed by atoms with E-state index in [0.717, 1.165) is 0 Å². The van der Waals surface area contributed by atoms with Crippen molar-refractivity contribution in [2.24, 2.45) is 0 Å². The van der Waals surface area contributed by atoms with Gasteiger partial charge in [0.1, 0.15) is 54.9 Å². The van der Waals surface area contributed by atoms with Gasteiger partial charge in [-0.2, -0.15) is 0 Å². The maximum absolute atomic E-state index is 9.94. The number of aliphatic hydroxyl groups is 11.